The van der Waals surface area contributed by atoms with Crippen LogP contribution in [0.25, 0.3) is 10.8 Å². The lowest BCUT2D eigenvalue weighted by Gasteiger charge is -2.33. The van der Waals surface area contributed by atoms with Crippen LogP contribution in [0.2, 0.25) is 0 Å². The first-order valence-electron chi connectivity index (χ1n) is 13.8. The fraction of sp³-hybridized carbons (Fsp3) is 0.433. The van der Waals surface area contributed by atoms with E-state index in [1.165, 1.54) is 0 Å². The van der Waals surface area contributed by atoms with Crippen molar-refractivity contribution in [3.63, 3.8) is 0 Å². The van der Waals surface area contributed by atoms with Crippen molar-refractivity contribution in [3.05, 3.63) is 59.4 Å². The number of nitrogens with one attached hydrogen (secondary N) is 1. The third-order valence-corrected chi connectivity index (χ3v) is 7.88. The van der Waals surface area contributed by atoms with E-state index < -0.39 is 17.6 Å². The van der Waals surface area contributed by atoms with Gasteiger partial charge in [-0.1, -0.05) is 18.2 Å². The highest BCUT2D eigenvalue weighted by atomic mass is 16.6. The summed E-state index contributed by atoms with van der Waals surface area (Å²) in [6, 6.07) is 9.11. The molecule has 4 amide bonds. The second kappa shape index (κ2) is 9.76. The molecule has 1 N–H and O–H groups in total. The molecule has 3 aliphatic rings. The van der Waals surface area contributed by atoms with E-state index in [-0.39, 0.29) is 30.4 Å². The number of hydrogen-bond donors (Lipinski definition) is 1. The van der Waals surface area contributed by atoms with Crippen LogP contribution in [0.4, 0.5) is 10.5 Å². The van der Waals surface area contributed by atoms with Crippen LogP contribution in [-0.2, 0) is 20.7 Å². The summed E-state index contributed by atoms with van der Waals surface area (Å²) in [5.41, 5.74) is 2.90. The topological polar surface area (TPSA) is 114 Å². The maximum absolute atomic E-state index is 13.4. The van der Waals surface area contributed by atoms with Crippen LogP contribution < -0.4 is 10.2 Å². The first-order valence-corrected chi connectivity index (χ1v) is 13.8. The number of amides is 4. The van der Waals surface area contributed by atoms with E-state index in [1.54, 1.807) is 15.9 Å². The summed E-state index contributed by atoms with van der Waals surface area (Å²) in [5.74, 6) is -0.947. The van der Waals surface area contributed by atoms with E-state index in [4.69, 9.17) is 4.74 Å². The molecule has 2 aromatic carbocycles. The Morgan fingerprint density at radius 1 is 1.07 bits per heavy atom. The molecule has 6 rings (SSSR count). The Labute approximate surface area is 232 Å². The highest BCUT2D eigenvalue weighted by molar-refractivity contribution is 6.27. The number of hydrogen-bond acceptors (Lipinski definition) is 6. The summed E-state index contributed by atoms with van der Waals surface area (Å²) in [6.07, 6.45) is 6.45. The molecule has 2 fully saturated rings. The molecule has 0 spiro atoms. The maximum Gasteiger partial charge on any atom is 0.410 e. The summed E-state index contributed by atoms with van der Waals surface area (Å²) in [5, 5.41) is 8.82. The van der Waals surface area contributed by atoms with Crippen LogP contribution in [0.3, 0.4) is 0 Å². The molecule has 10 heteroatoms. The molecule has 0 aliphatic carbocycles. The van der Waals surface area contributed by atoms with Gasteiger partial charge in [-0.3, -0.25) is 29.3 Å². The van der Waals surface area contributed by atoms with Gasteiger partial charge in [-0.2, -0.15) is 5.10 Å². The van der Waals surface area contributed by atoms with Gasteiger partial charge in [-0.15, -0.1) is 0 Å². The first-order chi connectivity index (χ1) is 19.1. The van der Waals surface area contributed by atoms with Crippen molar-refractivity contribution in [2.45, 2.75) is 70.6 Å². The molecule has 0 bridgehead atoms. The molecule has 4 heterocycles. The van der Waals surface area contributed by atoms with Crippen LogP contribution in [0.5, 0.6) is 0 Å². The van der Waals surface area contributed by atoms with E-state index >= 15 is 0 Å². The molecule has 0 radical (unpaired) electrons. The zero-order chi connectivity index (χ0) is 28.2. The highest BCUT2D eigenvalue weighted by Gasteiger charge is 2.41. The van der Waals surface area contributed by atoms with Gasteiger partial charge < -0.3 is 9.64 Å². The van der Waals surface area contributed by atoms with Gasteiger partial charge in [0.05, 0.1) is 17.9 Å². The van der Waals surface area contributed by atoms with Crippen LogP contribution in [-0.4, -0.2) is 63.2 Å². The minimum absolute atomic E-state index is 0.208. The minimum atomic E-state index is -0.702. The van der Waals surface area contributed by atoms with E-state index in [2.05, 4.69) is 16.6 Å². The monoisotopic (exact) mass is 543 g/mol. The number of likely N-dealkylation sites (tertiary alicyclic amines) is 1. The standard InChI is InChI=1S/C30H33N5O5/c1-30(2,3)40-29(39)33-13-11-20(12-14-33)34-17-18(16-31-34)15-19-7-8-23-26-21(19)5-4-6-22(26)28(38)35(23)24-9-10-25(36)32-27(24)37/h4-8,16-17,20,24H,9-15H2,1-3H3,(H,32,36,37)/t24-/m1/s1. The van der Waals surface area contributed by atoms with Gasteiger partial charge >= 0.3 is 6.09 Å². The average molecular weight is 544 g/mol. The fourth-order valence-electron chi connectivity index (χ4n) is 5.99. The normalized spacial score (nSPS) is 19.9. The van der Waals surface area contributed by atoms with Crippen molar-refractivity contribution in [3.8, 4) is 0 Å². The summed E-state index contributed by atoms with van der Waals surface area (Å²) < 4.78 is 7.51. The average Bonchev–Trinajstić information content (AvgIpc) is 3.49. The Morgan fingerprint density at radius 3 is 2.58 bits per heavy atom. The fourth-order valence-corrected chi connectivity index (χ4v) is 5.99. The van der Waals surface area contributed by atoms with Gasteiger partial charge in [0, 0.05) is 43.1 Å². The predicted octanol–water partition coefficient (Wildman–Crippen LogP) is 3.96. The van der Waals surface area contributed by atoms with Gasteiger partial charge in [0.15, 0.2) is 0 Å². The summed E-state index contributed by atoms with van der Waals surface area (Å²) >= 11 is 0. The van der Waals surface area contributed by atoms with Gasteiger partial charge in [0.2, 0.25) is 11.8 Å². The summed E-state index contributed by atoms with van der Waals surface area (Å²) in [6.45, 7) is 6.87. The Bertz CT molecular complexity index is 1530. The number of ether oxygens (including phenoxy) is 1. The molecule has 0 unspecified atom stereocenters. The van der Waals surface area contributed by atoms with Crippen LogP contribution in [0, 0.1) is 0 Å². The number of anilines is 1. The molecule has 1 atom stereocenters. The number of piperidine rings is 2. The number of imide groups is 1. The lowest BCUT2D eigenvalue weighted by Crippen LogP contribution is -2.53. The van der Waals surface area contributed by atoms with Crippen LogP contribution in [0.15, 0.2) is 42.7 Å². The maximum atomic E-state index is 13.4. The van der Waals surface area contributed by atoms with E-state index in [1.807, 2.05) is 55.9 Å². The zero-order valence-corrected chi connectivity index (χ0v) is 23.0. The second-order valence-electron chi connectivity index (χ2n) is 11.8. The molecule has 0 saturated carbocycles. The molecule has 40 heavy (non-hydrogen) atoms. The van der Waals surface area contributed by atoms with Crippen LogP contribution in [0.1, 0.15) is 74.0 Å². The molecule has 208 valence electrons. The quantitative estimate of drug-likeness (QED) is 0.499. The minimum Gasteiger partial charge on any atom is -0.444 e. The van der Waals surface area contributed by atoms with Crippen molar-refractivity contribution < 1.29 is 23.9 Å². The molecule has 10 nitrogen and oxygen atoms in total. The Hall–Kier alpha value is -4.21. The molecule has 1 aromatic heterocycles. The van der Waals surface area contributed by atoms with Gasteiger partial charge in [0.1, 0.15) is 11.6 Å². The SMILES string of the molecule is CC(C)(C)OC(=O)N1CCC(n2cc(Cc3ccc4c5c(cccc35)C(=O)N4[C@@H]3CCC(=O)NC3=O)cn2)CC1. The van der Waals surface area contributed by atoms with Crippen molar-refractivity contribution in [1.82, 2.24) is 20.0 Å². The molecular weight excluding hydrogens is 510 g/mol. The number of aromatic nitrogens is 2. The third kappa shape index (κ3) is 4.71. The van der Waals surface area contributed by atoms with Crippen LogP contribution >= 0.6 is 0 Å². The number of nitrogens with zero attached hydrogens (tertiary/aromatic N) is 4. The van der Waals surface area contributed by atoms with Crippen molar-refractivity contribution in [2.24, 2.45) is 0 Å². The smallest absolute Gasteiger partial charge is 0.410 e. The number of rotatable bonds is 4. The molecule has 3 aromatic rings. The molecule has 3 aliphatic heterocycles. The van der Waals surface area contributed by atoms with Crippen molar-refractivity contribution in [2.75, 3.05) is 18.0 Å². The van der Waals surface area contributed by atoms with Gasteiger partial charge in [-0.25, -0.2) is 4.79 Å². The number of benzene rings is 2. The largest absolute Gasteiger partial charge is 0.444 e. The molecule has 2 saturated heterocycles. The molecular formula is C30H33N5O5. The van der Waals surface area contributed by atoms with Gasteiger partial charge in [0.25, 0.3) is 5.91 Å². The number of carbonyl (C=O) groups excluding carboxylic acids is 4. The van der Waals surface area contributed by atoms with E-state index in [9.17, 15) is 19.2 Å². The highest BCUT2D eigenvalue weighted by Crippen LogP contribution is 2.41. The van der Waals surface area contributed by atoms with Crippen molar-refractivity contribution >= 4 is 40.3 Å². The third-order valence-electron chi connectivity index (χ3n) is 7.88. The summed E-state index contributed by atoms with van der Waals surface area (Å²) in [4.78, 5) is 53.4. The second-order valence-corrected chi connectivity index (χ2v) is 11.8. The first kappa shape index (κ1) is 26.0. The van der Waals surface area contributed by atoms with E-state index in [0.717, 1.165) is 34.7 Å². The lowest BCUT2D eigenvalue weighted by molar-refractivity contribution is -0.134. The Balaban J connectivity index is 1.19. The summed E-state index contributed by atoms with van der Waals surface area (Å²) in [7, 11) is 0. The van der Waals surface area contributed by atoms with Crippen molar-refractivity contribution in [1.29, 1.82) is 0 Å². The Kier molecular flexibility index (Phi) is 6.35. The van der Waals surface area contributed by atoms with Gasteiger partial charge in [-0.05, 0) is 68.7 Å². The zero-order valence-electron chi connectivity index (χ0n) is 23.0. The number of carbonyl (C=O) groups is 4. The Morgan fingerprint density at radius 2 is 1.85 bits per heavy atom. The van der Waals surface area contributed by atoms with E-state index in [0.29, 0.717) is 37.2 Å². The lowest BCUT2D eigenvalue weighted by atomic mass is 9.97. The predicted molar refractivity (Wildman–Crippen MR) is 148 cm³/mol.